The van der Waals surface area contributed by atoms with Crippen LogP contribution in [0.25, 0.3) is 0 Å². The van der Waals surface area contributed by atoms with Crippen LogP contribution >= 0.6 is 0 Å². The highest BCUT2D eigenvalue weighted by molar-refractivity contribution is 5.29. The second-order valence-electron chi connectivity index (χ2n) is 8.33. The van der Waals surface area contributed by atoms with Crippen molar-refractivity contribution >= 4 is 0 Å². The number of ether oxygens (including phenoxy) is 1. The fourth-order valence-corrected chi connectivity index (χ4v) is 5.29. The number of hydrogen-bond acceptors (Lipinski definition) is 1. The molecule has 2 aliphatic rings. The van der Waals surface area contributed by atoms with Crippen molar-refractivity contribution in [2.24, 2.45) is 17.8 Å². The zero-order chi connectivity index (χ0) is 16.8. The monoisotopic (exact) mass is 328 g/mol. The third-order valence-corrected chi connectivity index (χ3v) is 6.77. The Bertz CT molecular complexity index is 477. The predicted molar refractivity (Wildman–Crippen MR) is 103 cm³/mol. The van der Waals surface area contributed by atoms with E-state index in [1.165, 1.54) is 76.2 Å². The summed E-state index contributed by atoms with van der Waals surface area (Å²) in [6.07, 6.45) is 16.1. The first-order valence-electron chi connectivity index (χ1n) is 10.4. The van der Waals surface area contributed by atoms with Crippen molar-refractivity contribution in [2.75, 3.05) is 7.11 Å². The minimum Gasteiger partial charge on any atom is -0.497 e. The number of rotatable bonds is 7. The maximum atomic E-state index is 5.30. The lowest BCUT2D eigenvalue weighted by Gasteiger charge is -2.42. The highest BCUT2D eigenvalue weighted by Crippen LogP contribution is 2.48. The SMILES string of the molecule is CCCCCCC1CCC2CC(c3ccc(OC)cc3)CCC2C1. The van der Waals surface area contributed by atoms with Crippen molar-refractivity contribution < 1.29 is 4.74 Å². The van der Waals surface area contributed by atoms with Gasteiger partial charge in [0.05, 0.1) is 7.11 Å². The van der Waals surface area contributed by atoms with E-state index in [1.807, 2.05) is 0 Å². The van der Waals surface area contributed by atoms with Crippen LogP contribution in [0.4, 0.5) is 0 Å². The lowest BCUT2D eigenvalue weighted by atomic mass is 9.63. The fourth-order valence-electron chi connectivity index (χ4n) is 5.29. The molecule has 1 aromatic rings. The summed E-state index contributed by atoms with van der Waals surface area (Å²) in [5.41, 5.74) is 1.54. The zero-order valence-corrected chi connectivity index (χ0v) is 15.8. The topological polar surface area (TPSA) is 9.23 Å². The molecule has 134 valence electrons. The van der Waals surface area contributed by atoms with Gasteiger partial charge in [0.2, 0.25) is 0 Å². The van der Waals surface area contributed by atoms with Crippen molar-refractivity contribution in [1.82, 2.24) is 0 Å². The Morgan fingerprint density at radius 1 is 0.875 bits per heavy atom. The van der Waals surface area contributed by atoms with Gasteiger partial charge in [0.15, 0.2) is 0 Å². The smallest absolute Gasteiger partial charge is 0.118 e. The van der Waals surface area contributed by atoms with E-state index in [1.54, 1.807) is 7.11 Å². The lowest BCUT2D eigenvalue weighted by Crippen LogP contribution is -2.30. The van der Waals surface area contributed by atoms with Crippen LogP contribution in [-0.2, 0) is 0 Å². The third-order valence-electron chi connectivity index (χ3n) is 6.77. The molecule has 1 nitrogen and oxygen atoms in total. The van der Waals surface area contributed by atoms with E-state index >= 15 is 0 Å². The average Bonchev–Trinajstić information content (AvgIpc) is 2.65. The Kier molecular flexibility index (Phi) is 6.63. The highest BCUT2D eigenvalue weighted by atomic mass is 16.5. The molecule has 0 radical (unpaired) electrons. The van der Waals surface area contributed by atoms with Crippen LogP contribution in [0.3, 0.4) is 0 Å². The summed E-state index contributed by atoms with van der Waals surface area (Å²) >= 11 is 0. The van der Waals surface area contributed by atoms with E-state index in [4.69, 9.17) is 4.74 Å². The second-order valence-corrected chi connectivity index (χ2v) is 8.33. The quantitative estimate of drug-likeness (QED) is 0.491. The molecule has 0 spiro atoms. The van der Waals surface area contributed by atoms with E-state index in [0.717, 1.165) is 29.4 Å². The van der Waals surface area contributed by atoms with Crippen LogP contribution in [-0.4, -0.2) is 7.11 Å². The van der Waals surface area contributed by atoms with Gasteiger partial charge in [-0.2, -0.15) is 0 Å². The Balaban J connectivity index is 1.47. The summed E-state index contributed by atoms with van der Waals surface area (Å²) in [6, 6.07) is 8.86. The summed E-state index contributed by atoms with van der Waals surface area (Å²) in [7, 11) is 1.75. The number of benzene rings is 1. The zero-order valence-electron chi connectivity index (χ0n) is 15.8. The summed E-state index contributed by atoms with van der Waals surface area (Å²) in [5.74, 6) is 4.84. The van der Waals surface area contributed by atoms with Crippen LogP contribution in [0.5, 0.6) is 5.75 Å². The van der Waals surface area contributed by atoms with Crippen LogP contribution in [0.1, 0.15) is 89.0 Å². The summed E-state index contributed by atoms with van der Waals surface area (Å²) in [5, 5.41) is 0. The van der Waals surface area contributed by atoms with Gasteiger partial charge in [0, 0.05) is 0 Å². The van der Waals surface area contributed by atoms with Gasteiger partial charge < -0.3 is 4.74 Å². The molecule has 0 bridgehead atoms. The van der Waals surface area contributed by atoms with Crippen molar-refractivity contribution in [2.45, 2.75) is 83.5 Å². The molecule has 24 heavy (non-hydrogen) atoms. The van der Waals surface area contributed by atoms with E-state index in [-0.39, 0.29) is 0 Å². The molecular weight excluding hydrogens is 292 g/mol. The Morgan fingerprint density at radius 2 is 1.62 bits per heavy atom. The summed E-state index contributed by atoms with van der Waals surface area (Å²) in [4.78, 5) is 0. The van der Waals surface area contributed by atoms with Crippen LogP contribution in [0, 0.1) is 17.8 Å². The maximum Gasteiger partial charge on any atom is 0.118 e. The number of hydrogen-bond donors (Lipinski definition) is 0. The van der Waals surface area contributed by atoms with Crippen molar-refractivity contribution in [3.63, 3.8) is 0 Å². The fraction of sp³-hybridized carbons (Fsp3) is 0.739. The molecule has 2 fully saturated rings. The Hall–Kier alpha value is -0.980. The highest BCUT2D eigenvalue weighted by Gasteiger charge is 2.35. The van der Waals surface area contributed by atoms with Crippen molar-refractivity contribution in [3.8, 4) is 5.75 Å². The largest absolute Gasteiger partial charge is 0.497 e. The molecule has 1 heteroatoms. The van der Waals surface area contributed by atoms with Gasteiger partial charge in [-0.3, -0.25) is 0 Å². The van der Waals surface area contributed by atoms with E-state index in [9.17, 15) is 0 Å². The number of unbranched alkanes of at least 4 members (excludes halogenated alkanes) is 3. The molecule has 2 aliphatic carbocycles. The Morgan fingerprint density at radius 3 is 2.38 bits per heavy atom. The first-order chi connectivity index (χ1) is 11.8. The molecule has 4 atom stereocenters. The molecule has 1 aromatic carbocycles. The van der Waals surface area contributed by atoms with Crippen LogP contribution < -0.4 is 4.74 Å². The maximum absolute atomic E-state index is 5.30. The van der Waals surface area contributed by atoms with Crippen molar-refractivity contribution in [3.05, 3.63) is 29.8 Å². The summed E-state index contributed by atoms with van der Waals surface area (Å²) < 4.78 is 5.30. The van der Waals surface area contributed by atoms with Gasteiger partial charge in [-0.25, -0.2) is 0 Å². The molecule has 3 rings (SSSR count). The molecule has 0 heterocycles. The van der Waals surface area contributed by atoms with Gasteiger partial charge in [-0.05, 0) is 73.5 Å². The van der Waals surface area contributed by atoms with Gasteiger partial charge in [-0.1, -0.05) is 57.6 Å². The van der Waals surface area contributed by atoms with E-state index in [0.29, 0.717) is 0 Å². The minimum absolute atomic E-state index is 0.790. The van der Waals surface area contributed by atoms with E-state index < -0.39 is 0 Å². The van der Waals surface area contributed by atoms with Gasteiger partial charge >= 0.3 is 0 Å². The minimum atomic E-state index is 0.790. The molecule has 0 amide bonds. The third kappa shape index (κ3) is 4.55. The lowest BCUT2D eigenvalue weighted by molar-refractivity contribution is 0.113. The second kappa shape index (κ2) is 8.92. The van der Waals surface area contributed by atoms with Gasteiger partial charge in [0.1, 0.15) is 5.75 Å². The van der Waals surface area contributed by atoms with Gasteiger partial charge in [0.25, 0.3) is 0 Å². The molecule has 2 saturated carbocycles. The molecule has 0 N–H and O–H groups in total. The predicted octanol–water partition coefficient (Wildman–Crippen LogP) is 6.97. The molecular formula is C23H36O. The first-order valence-corrected chi connectivity index (χ1v) is 10.4. The normalized spacial score (nSPS) is 29.9. The number of methoxy groups -OCH3 is 1. The molecule has 0 aliphatic heterocycles. The van der Waals surface area contributed by atoms with E-state index in [2.05, 4.69) is 31.2 Å². The number of fused-ring (bicyclic) bond motifs is 1. The molecule has 0 saturated heterocycles. The van der Waals surface area contributed by atoms with Crippen LogP contribution in [0.15, 0.2) is 24.3 Å². The van der Waals surface area contributed by atoms with Crippen molar-refractivity contribution in [1.29, 1.82) is 0 Å². The van der Waals surface area contributed by atoms with Gasteiger partial charge in [-0.15, -0.1) is 0 Å². The standard InChI is InChI=1S/C23H36O/c1-3-4-5-6-7-18-8-9-22-17-21(11-10-20(22)16-18)19-12-14-23(24-2)15-13-19/h12-15,18,20-22H,3-11,16-17H2,1-2H3. The van der Waals surface area contributed by atoms with Crippen LogP contribution in [0.2, 0.25) is 0 Å². The Labute approximate surface area is 149 Å². The average molecular weight is 329 g/mol. The molecule has 0 aromatic heterocycles. The summed E-state index contributed by atoms with van der Waals surface area (Å²) in [6.45, 7) is 2.31. The first kappa shape index (κ1) is 17.8. The molecule has 4 unspecified atom stereocenters.